The molecule has 0 amide bonds. The van der Waals surface area contributed by atoms with Crippen molar-refractivity contribution < 1.29 is 4.79 Å². The number of fused-ring (bicyclic) bond motifs is 1. The van der Waals surface area contributed by atoms with Crippen molar-refractivity contribution in [2.24, 2.45) is 5.41 Å². The molecule has 0 fully saturated rings. The standard InChI is InChI=1S/C14H20N2O/c1-5-9(2)13-15-8-10-11(16-13)6-14(3,4)7-12(10)17/h8-9H,5-7H2,1-4H3. The zero-order valence-electron chi connectivity index (χ0n) is 11.1. The van der Waals surface area contributed by atoms with Crippen LogP contribution >= 0.6 is 0 Å². The Bertz CT molecular complexity index is 452. The maximum Gasteiger partial charge on any atom is 0.166 e. The quantitative estimate of drug-likeness (QED) is 0.786. The first kappa shape index (κ1) is 12.2. The number of carbonyl (C=O) groups is 1. The molecule has 1 unspecified atom stereocenters. The molecule has 1 aliphatic rings. The van der Waals surface area contributed by atoms with Crippen molar-refractivity contribution in [2.75, 3.05) is 0 Å². The summed E-state index contributed by atoms with van der Waals surface area (Å²) >= 11 is 0. The second kappa shape index (κ2) is 4.21. The Morgan fingerprint density at radius 3 is 2.76 bits per heavy atom. The van der Waals surface area contributed by atoms with Crippen molar-refractivity contribution in [1.29, 1.82) is 0 Å². The lowest BCUT2D eigenvalue weighted by Gasteiger charge is -2.29. The molecule has 0 N–H and O–H groups in total. The molecule has 0 radical (unpaired) electrons. The van der Waals surface area contributed by atoms with Gasteiger partial charge in [0.1, 0.15) is 5.82 Å². The van der Waals surface area contributed by atoms with Crippen LogP contribution in [0.1, 0.15) is 68.3 Å². The number of hydrogen-bond acceptors (Lipinski definition) is 3. The molecule has 3 nitrogen and oxygen atoms in total. The van der Waals surface area contributed by atoms with Crippen LogP contribution < -0.4 is 0 Å². The first-order valence-electron chi connectivity index (χ1n) is 6.32. The summed E-state index contributed by atoms with van der Waals surface area (Å²) < 4.78 is 0. The molecule has 0 aliphatic heterocycles. The van der Waals surface area contributed by atoms with Gasteiger partial charge >= 0.3 is 0 Å². The van der Waals surface area contributed by atoms with Gasteiger partial charge in [0.25, 0.3) is 0 Å². The highest BCUT2D eigenvalue weighted by Crippen LogP contribution is 2.33. The third-order valence-electron chi connectivity index (χ3n) is 3.52. The van der Waals surface area contributed by atoms with Gasteiger partial charge in [0.15, 0.2) is 5.78 Å². The van der Waals surface area contributed by atoms with Crippen molar-refractivity contribution in [3.8, 4) is 0 Å². The molecule has 17 heavy (non-hydrogen) atoms. The van der Waals surface area contributed by atoms with E-state index < -0.39 is 0 Å². The lowest BCUT2D eigenvalue weighted by atomic mass is 9.76. The van der Waals surface area contributed by atoms with Crippen LogP contribution in [-0.4, -0.2) is 15.8 Å². The summed E-state index contributed by atoms with van der Waals surface area (Å²) in [7, 11) is 0. The maximum absolute atomic E-state index is 12.0. The first-order chi connectivity index (χ1) is 7.93. The van der Waals surface area contributed by atoms with E-state index in [0.29, 0.717) is 12.3 Å². The Balaban J connectivity index is 2.41. The van der Waals surface area contributed by atoms with Crippen molar-refractivity contribution in [1.82, 2.24) is 9.97 Å². The Morgan fingerprint density at radius 2 is 2.12 bits per heavy atom. The molecular weight excluding hydrogens is 212 g/mol. The van der Waals surface area contributed by atoms with Gasteiger partial charge in [-0.15, -0.1) is 0 Å². The van der Waals surface area contributed by atoms with Gasteiger partial charge in [-0.25, -0.2) is 9.97 Å². The summed E-state index contributed by atoms with van der Waals surface area (Å²) in [6.07, 6.45) is 4.23. The van der Waals surface area contributed by atoms with Crippen LogP contribution in [0.2, 0.25) is 0 Å². The van der Waals surface area contributed by atoms with Gasteiger partial charge in [-0.3, -0.25) is 4.79 Å². The number of nitrogens with zero attached hydrogens (tertiary/aromatic N) is 2. The van der Waals surface area contributed by atoms with Crippen molar-refractivity contribution in [2.45, 2.75) is 52.9 Å². The van der Waals surface area contributed by atoms with Crippen LogP contribution in [0, 0.1) is 5.41 Å². The van der Waals surface area contributed by atoms with Gasteiger partial charge in [-0.1, -0.05) is 27.7 Å². The van der Waals surface area contributed by atoms with E-state index in [1.54, 1.807) is 6.20 Å². The first-order valence-corrected chi connectivity index (χ1v) is 6.32. The minimum atomic E-state index is 0.0329. The second-order valence-corrected chi connectivity index (χ2v) is 5.84. The zero-order valence-corrected chi connectivity index (χ0v) is 11.1. The van der Waals surface area contributed by atoms with E-state index in [1.165, 1.54) is 0 Å². The Kier molecular flexibility index (Phi) is 3.02. The molecule has 0 saturated carbocycles. The van der Waals surface area contributed by atoms with Crippen molar-refractivity contribution >= 4 is 5.78 Å². The summed E-state index contributed by atoms with van der Waals surface area (Å²) in [4.78, 5) is 20.9. The van der Waals surface area contributed by atoms with E-state index in [1.807, 2.05) is 0 Å². The lowest BCUT2D eigenvalue weighted by Crippen LogP contribution is -2.28. The van der Waals surface area contributed by atoms with Gasteiger partial charge in [-0.2, -0.15) is 0 Å². The molecule has 0 bridgehead atoms. The maximum atomic E-state index is 12.0. The summed E-state index contributed by atoms with van der Waals surface area (Å²) in [5.74, 6) is 1.42. The molecule has 0 saturated heterocycles. The van der Waals surface area contributed by atoms with Gasteiger partial charge in [0.2, 0.25) is 0 Å². The predicted molar refractivity (Wildman–Crippen MR) is 67.2 cm³/mol. The van der Waals surface area contributed by atoms with Gasteiger partial charge in [-0.05, 0) is 18.3 Å². The van der Waals surface area contributed by atoms with Crippen molar-refractivity contribution in [3.63, 3.8) is 0 Å². The smallest absolute Gasteiger partial charge is 0.166 e. The average molecular weight is 232 g/mol. The molecule has 2 rings (SSSR count). The largest absolute Gasteiger partial charge is 0.294 e. The normalized spacial score (nSPS) is 19.9. The second-order valence-electron chi connectivity index (χ2n) is 5.84. The van der Waals surface area contributed by atoms with E-state index in [0.717, 1.165) is 29.9 Å². The molecular formula is C14H20N2O. The highest BCUT2D eigenvalue weighted by Gasteiger charge is 2.32. The van der Waals surface area contributed by atoms with Gasteiger partial charge in [0, 0.05) is 18.5 Å². The summed E-state index contributed by atoms with van der Waals surface area (Å²) in [6, 6.07) is 0. The van der Waals surface area contributed by atoms with Crippen LogP contribution in [0.15, 0.2) is 6.20 Å². The Morgan fingerprint density at radius 1 is 1.41 bits per heavy atom. The van der Waals surface area contributed by atoms with Crippen LogP contribution in [0.3, 0.4) is 0 Å². The minimum Gasteiger partial charge on any atom is -0.294 e. The summed E-state index contributed by atoms with van der Waals surface area (Å²) in [6.45, 7) is 8.50. The summed E-state index contributed by atoms with van der Waals surface area (Å²) in [5.41, 5.74) is 1.71. The zero-order chi connectivity index (χ0) is 12.6. The number of hydrogen-bond donors (Lipinski definition) is 0. The molecule has 1 aromatic heterocycles. The number of ketones is 1. The Labute approximate surface area is 103 Å². The van der Waals surface area contributed by atoms with Gasteiger partial charge in [0.05, 0.1) is 11.3 Å². The fourth-order valence-electron chi connectivity index (χ4n) is 2.27. The third-order valence-corrected chi connectivity index (χ3v) is 3.52. The minimum absolute atomic E-state index is 0.0329. The molecule has 1 heterocycles. The predicted octanol–water partition coefficient (Wildman–Crippen LogP) is 3.15. The fourth-order valence-corrected chi connectivity index (χ4v) is 2.27. The van der Waals surface area contributed by atoms with Crippen molar-refractivity contribution in [3.05, 3.63) is 23.3 Å². The molecule has 1 atom stereocenters. The number of carbonyl (C=O) groups excluding carboxylic acids is 1. The number of aromatic nitrogens is 2. The van der Waals surface area contributed by atoms with Crippen LogP contribution in [0.5, 0.6) is 0 Å². The SMILES string of the molecule is CCC(C)c1ncc2c(n1)CC(C)(C)CC2=O. The van der Waals surface area contributed by atoms with Gasteiger partial charge < -0.3 is 0 Å². The van der Waals surface area contributed by atoms with E-state index in [4.69, 9.17) is 0 Å². The molecule has 92 valence electrons. The van der Waals surface area contributed by atoms with E-state index in [9.17, 15) is 4.79 Å². The average Bonchev–Trinajstić information content (AvgIpc) is 2.25. The van der Waals surface area contributed by atoms with Crippen LogP contribution in [0.25, 0.3) is 0 Å². The fraction of sp³-hybridized carbons (Fsp3) is 0.643. The topological polar surface area (TPSA) is 42.9 Å². The highest BCUT2D eigenvalue weighted by atomic mass is 16.1. The van der Waals surface area contributed by atoms with E-state index >= 15 is 0 Å². The number of rotatable bonds is 2. The van der Waals surface area contributed by atoms with E-state index in [2.05, 4.69) is 37.7 Å². The molecule has 1 aliphatic carbocycles. The lowest BCUT2D eigenvalue weighted by molar-refractivity contribution is 0.0909. The molecule has 0 spiro atoms. The molecule has 1 aromatic rings. The number of Topliss-reactive ketones (excluding diaryl/α,β-unsaturated/α-hetero) is 1. The van der Waals surface area contributed by atoms with Crippen LogP contribution in [0.4, 0.5) is 0 Å². The monoisotopic (exact) mass is 232 g/mol. The third kappa shape index (κ3) is 2.38. The highest BCUT2D eigenvalue weighted by molar-refractivity contribution is 5.98. The molecule has 0 aromatic carbocycles. The van der Waals surface area contributed by atoms with E-state index in [-0.39, 0.29) is 11.2 Å². The molecule has 3 heteroatoms. The Hall–Kier alpha value is -1.25. The summed E-state index contributed by atoms with van der Waals surface area (Å²) in [5, 5.41) is 0. The van der Waals surface area contributed by atoms with Crippen LogP contribution in [-0.2, 0) is 6.42 Å².